The van der Waals surface area contributed by atoms with Crippen molar-refractivity contribution in [3.63, 3.8) is 0 Å². The van der Waals surface area contributed by atoms with Crippen LogP contribution in [0.25, 0.3) is 21.9 Å². The maximum absolute atomic E-state index is 2.41. The molecular formula is C19H17Cl2Zr. The quantitative estimate of drug-likeness (QED) is 0.456. The molecule has 0 amide bonds. The van der Waals surface area contributed by atoms with E-state index in [2.05, 4.69) is 55.5 Å². The smallest absolute Gasteiger partial charge is 1.00 e. The van der Waals surface area contributed by atoms with Crippen LogP contribution in [-0.4, -0.2) is 0 Å². The van der Waals surface area contributed by atoms with E-state index in [1.807, 2.05) is 0 Å². The zero-order valence-corrected chi connectivity index (χ0v) is 16.5. The summed E-state index contributed by atoms with van der Waals surface area (Å²) in [6.07, 6.45) is 3.79. The predicted octanol–water partition coefficient (Wildman–Crippen LogP) is -0.972. The van der Waals surface area contributed by atoms with E-state index in [-0.39, 0.29) is 51.0 Å². The van der Waals surface area contributed by atoms with Crippen LogP contribution in [0, 0.1) is 6.92 Å². The van der Waals surface area contributed by atoms with Gasteiger partial charge in [0, 0.05) is 0 Å². The molecule has 3 aromatic carbocycles. The van der Waals surface area contributed by atoms with Gasteiger partial charge >= 0.3 is 26.2 Å². The Balaban J connectivity index is 0.000000807. The van der Waals surface area contributed by atoms with Crippen LogP contribution in [-0.2, 0) is 39.0 Å². The first-order valence-electron chi connectivity index (χ1n) is 7.10. The number of rotatable bonds is 1. The van der Waals surface area contributed by atoms with E-state index in [0.717, 1.165) is 0 Å². The van der Waals surface area contributed by atoms with E-state index in [1.165, 1.54) is 46.7 Å². The number of halogens is 2. The molecule has 22 heavy (non-hydrogen) atoms. The number of benzene rings is 2. The van der Waals surface area contributed by atoms with Gasteiger partial charge in [0.2, 0.25) is 0 Å². The van der Waals surface area contributed by atoms with E-state index >= 15 is 0 Å². The fourth-order valence-electron chi connectivity index (χ4n) is 3.51. The number of hydrogen-bond acceptors (Lipinski definition) is 0. The average Bonchev–Trinajstić information content (AvgIpc) is 3.01. The van der Waals surface area contributed by atoms with Gasteiger partial charge in [-0.05, 0) is 24.8 Å². The third-order valence-electron chi connectivity index (χ3n) is 4.29. The van der Waals surface area contributed by atoms with Crippen LogP contribution >= 0.6 is 0 Å². The molecule has 0 atom stereocenters. The summed E-state index contributed by atoms with van der Waals surface area (Å²) in [5.41, 5.74) is 7.38. The number of fused-ring (bicyclic) bond motifs is 2. The molecule has 4 rings (SSSR count). The van der Waals surface area contributed by atoms with E-state index in [4.69, 9.17) is 0 Å². The van der Waals surface area contributed by atoms with Crippen molar-refractivity contribution in [1.82, 2.24) is 0 Å². The fourth-order valence-corrected chi connectivity index (χ4v) is 3.51. The monoisotopic (exact) mass is 405 g/mol. The van der Waals surface area contributed by atoms with Crippen LogP contribution in [0.5, 0.6) is 0 Å². The molecule has 0 saturated carbocycles. The van der Waals surface area contributed by atoms with Gasteiger partial charge in [0.05, 0.1) is 0 Å². The SMILES string of the molecule is Cc1cc2c(-c3ccccc3)c3c(cc2[cH-]1)CCC3.[Cl-].[Cl-].[Zr+3]. The zero-order valence-electron chi connectivity index (χ0n) is 12.5. The van der Waals surface area contributed by atoms with Crippen molar-refractivity contribution in [2.45, 2.75) is 26.2 Å². The molecule has 0 spiro atoms. The molecule has 3 heteroatoms. The second-order valence-electron chi connectivity index (χ2n) is 5.64. The summed E-state index contributed by atoms with van der Waals surface area (Å²) >= 11 is 0. The molecule has 1 aliphatic carbocycles. The van der Waals surface area contributed by atoms with Crippen molar-refractivity contribution in [2.75, 3.05) is 0 Å². The van der Waals surface area contributed by atoms with Crippen molar-refractivity contribution >= 4 is 10.8 Å². The van der Waals surface area contributed by atoms with Crippen molar-refractivity contribution in [2.24, 2.45) is 0 Å². The number of aryl methyl sites for hydroxylation is 2. The van der Waals surface area contributed by atoms with Crippen LogP contribution in [0.1, 0.15) is 23.1 Å². The molecule has 3 aromatic rings. The van der Waals surface area contributed by atoms with E-state index in [1.54, 1.807) is 11.1 Å². The van der Waals surface area contributed by atoms with Gasteiger partial charge in [-0.3, -0.25) is 0 Å². The van der Waals surface area contributed by atoms with Gasteiger partial charge < -0.3 is 24.8 Å². The average molecular weight is 407 g/mol. The Morgan fingerprint density at radius 3 is 2.41 bits per heavy atom. The third kappa shape index (κ3) is 3.23. The Bertz CT molecular complexity index is 760. The summed E-state index contributed by atoms with van der Waals surface area (Å²) in [4.78, 5) is 0. The van der Waals surface area contributed by atoms with E-state index in [0.29, 0.717) is 0 Å². The standard InChI is InChI=1S/C19H17.2ClH.Zr/c1-13-10-16-12-15-8-5-9-17(15)19(18(16)11-13)14-6-3-2-4-7-14;;;/h2-4,6-7,10-12H,5,8-9H2,1H3;2*1H;/q-1;;;+3/p-2. The summed E-state index contributed by atoms with van der Waals surface area (Å²) in [5, 5.41) is 2.85. The first-order valence-corrected chi connectivity index (χ1v) is 7.10. The van der Waals surface area contributed by atoms with Gasteiger partial charge in [-0.1, -0.05) is 53.9 Å². The Morgan fingerprint density at radius 1 is 0.955 bits per heavy atom. The topological polar surface area (TPSA) is 0 Å². The van der Waals surface area contributed by atoms with Crippen molar-refractivity contribution in [3.8, 4) is 11.1 Å². The predicted molar refractivity (Wildman–Crippen MR) is 81.7 cm³/mol. The summed E-state index contributed by atoms with van der Waals surface area (Å²) in [6.45, 7) is 2.19. The second-order valence-corrected chi connectivity index (χ2v) is 5.64. The van der Waals surface area contributed by atoms with Crippen LogP contribution in [0.2, 0.25) is 0 Å². The molecule has 0 saturated heterocycles. The fraction of sp³-hybridized carbons (Fsp3) is 0.211. The van der Waals surface area contributed by atoms with Crippen LogP contribution in [0.4, 0.5) is 0 Å². The normalized spacial score (nSPS) is 12.0. The Hall–Kier alpha value is -0.487. The largest absolute Gasteiger partial charge is 3.00 e. The minimum atomic E-state index is 0. The zero-order chi connectivity index (χ0) is 12.8. The molecule has 0 heterocycles. The van der Waals surface area contributed by atoms with Gasteiger partial charge in [-0.15, -0.1) is 28.5 Å². The Labute approximate surface area is 163 Å². The Morgan fingerprint density at radius 2 is 1.68 bits per heavy atom. The van der Waals surface area contributed by atoms with Gasteiger partial charge in [0.25, 0.3) is 0 Å². The number of hydrogen-bond donors (Lipinski definition) is 0. The molecule has 0 aliphatic heterocycles. The summed E-state index contributed by atoms with van der Waals surface area (Å²) < 4.78 is 0. The van der Waals surface area contributed by atoms with Gasteiger partial charge in [0.1, 0.15) is 0 Å². The summed E-state index contributed by atoms with van der Waals surface area (Å²) in [7, 11) is 0. The second kappa shape index (κ2) is 7.87. The first kappa shape index (κ1) is 19.6. The maximum atomic E-state index is 2.41. The molecule has 0 unspecified atom stereocenters. The van der Waals surface area contributed by atoms with Crippen molar-refractivity contribution < 1.29 is 51.0 Å². The van der Waals surface area contributed by atoms with Crippen molar-refractivity contribution in [3.05, 3.63) is 65.2 Å². The van der Waals surface area contributed by atoms with Crippen LogP contribution < -0.4 is 24.8 Å². The maximum Gasteiger partial charge on any atom is 3.00 e. The van der Waals surface area contributed by atoms with E-state index in [9.17, 15) is 0 Å². The minimum Gasteiger partial charge on any atom is -1.00 e. The molecule has 0 bridgehead atoms. The molecule has 0 nitrogen and oxygen atoms in total. The molecule has 0 aromatic heterocycles. The summed E-state index contributed by atoms with van der Waals surface area (Å²) in [6, 6.07) is 18.0. The molecule has 0 N–H and O–H groups in total. The van der Waals surface area contributed by atoms with Gasteiger partial charge in [0.15, 0.2) is 0 Å². The summed E-state index contributed by atoms with van der Waals surface area (Å²) in [5.74, 6) is 0. The first-order chi connectivity index (χ1) is 9.33. The third-order valence-corrected chi connectivity index (χ3v) is 4.29. The molecule has 1 radical (unpaired) electrons. The molecule has 111 valence electrons. The van der Waals surface area contributed by atoms with Crippen molar-refractivity contribution in [1.29, 1.82) is 0 Å². The van der Waals surface area contributed by atoms with Crippen LogP contribution in [0.15, 0.2) is 48.5 Å². The molecular weight excluding hydrogens is 390 g/mol. The minimum absolute atomic E-state index is 0. The van der Waals surface area contributed by atoms with E-state index < -0.39 is 0 Å². The molecule has 0 fully saturated rings. The Kier molecular flexibility index (Phi) is 6.99. The van der Waals surface area contributed by atoms with Crippen LogP contribution in [0.3, 0.4) is 0 Å². The van der Waals surface area contributed by atoms with Gasteiger partial charge in [-0.25, -0.2) is 0 Å². The van der Waals surface area contributed by atoms with Gasteiger partial charge in [-0.2, -0.15) is 6.07 Å². The molecule has 1 aliphatic rings.